The van der Waals surface area contributed by atoms with E-state index in [-0.39, 0.29) is 5.41 Å². The van der Waals surface area contributed by atoms with E-state index < -0.39 is 0 Å². The van der Waals surface area contributed by atoms with E-state index in [1.807, 2.05) is 0 Å². The molecule has 0 spiro atoms. The van der Waals surface area contributed by atoms with Gasteiger partial charge in [-0.15, -0.1) is 0 Å². The molecule has 12 heavy (non-hydrogen) atoms. The highest BCUT2D eigenvalue weighted by Gasteiger charge is 2.35. The zero-order chi connectivity index (χ0) is 9.03. The highest BCUT2D eigenvalue weighted by atomic mass is 16.3. The first-order chi connectivity index (χ1) is 5.72. The molecule has 1 atom stereocenters. The van der Waals surface area contributed by atoms with Crippen LogP contribution in [0.2, 0.25) is 0 Å². The third-order valence-corrected chi connectivity index (χ3v) is 3.19. The molecule has 0 amide bonds. The van der Waals surface area contributed by atoms with Gasteiger partial charge in [0.15, 0.2) is 0 Å². The predicted octanol–water partition coefficient (Wildman–Crippen LogP) is 1.54. The summed E-state index contributed by atoms with van der Waals surface area (Å²) < 4.78 is 0. The summed E-state index contributed by atoms with van der Waals surface area (Å²) in [6.45, 7) is 5.74. The molecule has 1 aliphatic carbocycles. The van der Waals surface area contributed by atoms with E-state index in [4.69, 9.17) is 0 Å². The summed E-state index contributed by atoms with van der Waals surface area (Å²) in [6, 6.07) is 0.592. The van der Waals surface area contributed by atoms with Gasteiger partial charge in [0.25, 0.3) is 0 Å². The molecule has 2 N–H and O–H groups in total. The van der Waals surface area contributed by atoms with E-state index >= 15 is 0 Å². The highest BCUT2D eigenvalue weighted by molar-refractivity contribution is 4.89. The van der Waals surface area contributed by atoms with Gasteiger partial charge in [-0.2, -0.15) is 0 Å². The molecule has 0 saturated heterocycles. The van der Waals surface area contributed by atoms with Crippen LogP contribution in [-0.4, -0.2) is 24.3 Å². The zero-order valence-electron chi connectivity index (χ0n) is 8.27. The summed E-state index contributed by atoms with van der Waals surface area (Å²) >= 11 is 0. The van der Waals surface area contributed by atoms with Crippen molar-refractivity contribution in [2.75, 3.05) is 13.2 Å². The molecule has 0 aromatic carbocycles. The van der Waals surface area contributed by atoms with Crippen molar-refractivity contribution in [1.82, 2.24) is 5.32 Å². The molecule has 72 valence electrons. The molecular weight excluding hydrogens is 150 g/mol. The molecule has 1 aliphatic rings. The maximum atomic E-state index is 9.18. The Bertz CT molecular complexity index is 126. The van der Waals surface area contributed by atoms with E-state index in [0.29, 0.717) is 12.6 Å². The number of rotatable bonds is 5. The molecule has 0 aromatic heterocycles. The van der Waals surface area contributed by atoms with Gasteiger partial charge in [-0.05, 0) is 26.2 Å². The first-order valence-corrected chi connectivity index (χ1v) is 5.07. The molecule has 2 nitrogen and oxygen atoms in total. The van der Waals surface area contributed by atoms with Crippen molar-refractivity contribution in [3.8, 4) is 0 Å². The van der Waals surface area contributed by atoms with Crippen LogP contribution >= 0.6 is 0 Å². The molecule has 0 radical (unpaired) electrons. The molecule has 0 bridgehead atoms. The largest absolute Gasteiger partial charge is 0.396 e. The smallest absolute Gasteiger partial charge is 0.0499 e. The van der Waals surface area contributed by atoms with Crippen LogP contribution in [0, 0.1) is 5.41 Å². The van der Waals surface area contributed by atoms with Crippen molar-refractivity contribution in [3.63, 3.8) is 0 Å². The fraction of sp³-hybridized carbons (Fsp3) is 1.00. The van der Waals surface area contributed by atoms with Crippen molar-refractivity contribution >= 4 is 0 Å². The summed E-state index contributed by atoms with van der Waals surface area (Å²) in [5.74, 6) is 0. The number of nitrogens with one attached hydrogen (secondary N) is 1. The van der Waals surface area contributed by atoms with Crippen LogP contribution in [0.15, 0.2) is 0 Å². The normalized spacial score (nSPS) is 23.2. The van der Waals surface area contributed by atoms with Crippen LogP contribution in [-0.2, 0) is 0 Å². The zero-order valence-corrected chi connectivity index (χ0v) is 8.27. The number of hydrogen-bond donors (Lipinski definition) is 2. The van der Waals surface area contributed by atoms with Crippen LogP contribution in [0.3, 0.4) is 0 Å². The molecule has 2 heteroatoms. The lowest BCUT2D eigenvalue weighted by Gasteiger charge is -2.41. The highest BCUT2D eigenvalue weighted by Crippen LogP contribution is 2.39. The van der Waals surface area contributed by atoms with Crippen molar-refractivity contribution in [2.24, 2.45) is 5.41 Å². The Morgan fingerprint density at radius 2 is 2.17 bits per heavy atom. The Balaban J connectivity index is 2.20. The van der Waals surface area contributed by atoms with Crippen LogP contribution < -0.4 is 5.32 Å². The van der Waals surface area contributed by atoms with Gasteiger partial charge in [-0.3, -0.25) is 0 Å². The van der Waals surface area contributed by atoms with E-state index in [2.05, 4.69) is 19.2 Å². The third-order valence-electron chi connectivity index (χ3n) is 3.19. The standard InChI is InChI=1S/C10H21NO/c1-3-9(2)11-7-10(8-12)5-4-6-10/h9,11-12H,3-8H2,1-2H3. The predicted molar refractivity (Wildman–Crippen MR) is 51.1 cm³/mol. The molecule has 0 aliphatic heterocycles. The van der Waals surface area contributed by atoms with E-state index in [1.165, 1.54) is 25.7 Å². The minimum Gasteiger partial charge on any atom is -0.396 e. The third kappa shape index (κ3) is 2.20. The van der Waals surface area contributed by atoms with Gasteiger partial charge in [-0.1, -0.05) is 13.3 Å². The Labute approximate surface area is 75.4 Å². The topological polar surface area (TPSA) is 32.3 Å². The van der Waals surface area contributed by atoms with Crippen LogP contribution in [0.5, 0.6) is 0 Å². The maximum absolute atomic E-state index is 9.18. The fourth-order valence-corrected chi connectivity index (χ4v) is 1.60. The second-order valence-corrected chi connectivity index (χ2v) is 4.20. The molecule has 1 unspecified atom stereocenters. The summed E-state index contributed by atoms with van der Waals surface area (Å²) in [5.41, 5.74) is 0.240. The van der Waals surface area contributed by atoms with Gasteiger partial charge < -0.3 is 10.4 Å². The van der Waals surface area contributed by atoms with Gasteiger partial charge in [0.1, 0.15) is 0 Å². The average Bonchev–Trinajstić information content (AvgIpc) is 2.03. The molecule has 0 aromatic rings. The first-order valence-electron chi connectivity index (χ1n) is 5.07. The minimum atomic E-state index is 0.240. The van der Waals surface area contributed by atoms with Crippen LogP contribution in [0.4, 0.5) is 0 Å². The number of hydrogen-bond acceptors (Lipinski definition) is 2. The van der Waals surface area contributed by atoms with Gasteiger partial charge in [0, 0.05) is 24.6 Å². The monoisotopic (exact) mass is 171 g/mol. The Morgan fingerprint density at radius 3 is 2.50 bits per heavy atom. The molecule has 0 heterocycles. The Hall–Kier alpha value is -0.0800. The lowest BCUT2D eigenvalue weighted by Crippen LogP contribution is -2.45. The van der Waals surface area contributed by atoms with E-state index in [1.54, 1.807) is 0 Å². The summed E-state index contributed by atoms with van der Waals surface area (Å²) in [7, 11) is 0. The van der Waals surface area contributed by atoms with Crippen LogP contribution in [0.1, 0.15) is 39.5 Å². The summed E-state index contributed by atoms with van der Waals surface area (Å²) in [5, 5.41) is 12.6. The van der Waals surface area contributed by atoms with Gasteiger partial charge >= 0.3 is 0 Å². The number of aliphatic hydroxyl groups excluding tert-OH is 1. The van der Waals surface area contributed by atoms with Crippen LogP contribution in [0.25, 0.3) is 0 Å². The van der Waals surface area contributed by atoms with Gasteiger partial charge in [-0.25, -0.2) is 0 Å². The van der Waals surface area contributed by atoms with Crippen molar-refractivity contribution < 1.29 is 5.11 Å². The fourth-order valence-electron chi connectivity index (χ4n) is 1.60. The lowest BCUT2D eigenvalue weighted by atomic mass is 9.69. The first kappa shape index (κ1) is 10.0. The second-order valence-electron chi connectivity index (χ2n) is 4.20. The van der Waals surface area contributed by atoms with Gasteiger partial charge in [0.2, 0.25) is 0 Å². The molecule has 1 rings (SSSR count). The Kier molecular flexibility index (Phi) is 3.53. The average molecular weight is 171 g/mol. The number of aliphatic hydroxyl groups is 1. The molecule has 1 fully saturated rings. The quantitative estimate of drug-likeness (QED) is 0.657. The van der Waals surface area contributed by atoms with E-state index in [9.17, 15) is 5.11 Å². The van der Waals surface area contributed by atoms with Crippen molar-refractivity contribution in [3.05, 3.63) is 0 Å². The Morgan fingerprint density at radius 1 is 1.50 bits per heavy atom. The molecule has 1 saturated carbocycles. The molecular formula is C10H21NO. The second kappa shape index (κ2) is 4.24. The summed E-state index contributed by atoms with van der Waals surface area (Å²) in [6.07, 6.45) is 4.87. The summed E-state index contributed by atoms with van der Waals surface area (Å²) in [4.78, 5) is 0. The minimum absolute atomic E-state index is 0.240. The SMILES string of the molecule is CCC(C)NCC1(CO)CCC1. The van der Waals surface area contributed by atoms with Crippen molar-refractivity contribution in [2.45, 2.75) is 45.6 Å². The van der Waals surface area contributed by atoms with Crippen molar-refractivity contribution in [1.29, 1.82) is 0 Å². The lowest BCUT2D eigenvalue weighted by molar-refractivity contribution is 0.0425. The maximum Gasteiger partial charge on any atom is 0.0499 e. The van der Waals surface area contributed by atoms with E-state index in [0.717, 1.165) is 6.54 Å². The van der Waals surface area contributed by atoms with Gasteiger partial charge in [0.05, 0.1) is 0 Å².